The maximum Gasteiger partial charge on any atom is 0.226 e. The molecule has 0 N–H and O–H groups in total. The molecule has 0 spiro atoms. The van der Waals surface area contributed by atoms with Gasteiger partial charge >= 0.3 is 0 Å². The summed E-state index contributed by atoms with van der Waals surface area (Å²) in [6, 6.07) is 12.5. The smallest absolute Gasteiger partial charge is 0.226 e. The molecule has 0 atom stereocenters. The molecule has 6 heteroatoms. The first-order valence-corrected chi connectivity index (χ1v) is 10.6. The molecule has 0 amide bonds. The number of carbonyl (C=O) groups excluding carboxylic acids is 1. The number of methoxy groups -OCH3 is 1. The first kappa shape index (κ1) is 19.4. The fourth-order valence-electron chi connectivity index (χ4n) is 3.23. The number of carbonyl (C=O) groups is 1. The molecule has 27 heavy (non-hydrogen) atoms. The molecule has 4 nitrogen and oxygen atoms in total. The quantitative estimate of drug-likeness (QED) is 0.686. The van der Waals surface area contributed by atoms with Gasteiger partial charge in [0, 0.05) is 12.7 Å². The number of rotatable bonds is 5. The molecule has 1 aliphatic carbocycles. The number of sulfone groups is 1. The summed E-state index contributed by atoms with van der Waals surface area (Å²) < 4.78 is 28.6. The molecule has 0 aromatic heterocycles. The summed E-state index contributed by atoms with van der Waals surface area (Å²) >= 11 is 5.65. The Morgan fingerprint density at radius 2 is 1.78 bits per heavy atom. The Morgan fingerprint density at radius 3 is 2.33 bits per heavy atom. The van der Waals surface area contributed by atoms with Crippen LogP contribution in [0.2, 0.25) is 0 Å². The number of hydrogen-bond acceptors (Lipinski definition) is 4. The van der Waals surface area contributed by atoms with Crippen LogP contribution in [-0.4, -0.2) is 27.0 Å². The summed E-state index contributed by atoms with van der Waals surface area (Å²) in [5.41, 5.74) is 5.63. The Bertz CT molecular complexity index is 1080. The lowest BCUT2D eigenvalue weighted by molar-refractivity contribution is -0.110. The van der Waals surface area contributed by atoms with Crippen molar-refractivity contribution in [2.24, 2.45) is 0 Å². The highest BCUT2D eigenvalue weighted by molar-refractivity contribution is 7.90. The summed E-state index contributed by atoms with van der Waals surface area (Å²) in [6.07, 6.45) is 3.31. The number of fused-ring (bicyclic) bond motifs is 1. The fraction of sp³-hybridized carbons (Fsp3) is 0.190. The summed E-state index contributed by atoms with van der Waals surface area (Å²) in [7, 11) is -1.64. The van der Waals surface area contributed by atoms with E-state index >= 15 is 0 Å². The second kappa shape index (κ2) is 7.33. The van der Waals surface area contributed by atoms with Gasteiger partial charge in [0.1, 0.15) is 5.75 Å². The third kappa shape index (κ3) is 3.99. The van der Waals surface area contributed by atoms with Gasteiger partial charge in [0.05, 0.1) is 12.0 Å². The highest BCUT2D eigenvalue weighted by Crippen LogP contribution is 2.45. The summed E-state index contributed by atoms with van der Waals surface area (Å²) in [6.45, 7) is 1.96. The Kier molecular flexibility index (Phi) is 5.27. The van der Waals surface area contributed by atoms with Gasteiger partial charge in [0.2, 0.25) is 5.24 Å². The second-order valence-corrected chi connectivity index (χ2v) is 8.88. The van der Waals surface area contributed by atoms with Crippen molar-refractivity contribution in [1.29, 1.82) is 0 Å². The number of ether oxygens (including phenoxy) is 1. The molecule has 0 saturated heterocycles. The standard InChI is InChI=1S/C21H19ClO4S/c1-13-18(10-14-4-7-16(8-5-14)27(3,24)25)17-9-6-15(26-2)11-20(17)19(13)12-21(22)23/h4-11H,12H2,1-3H3/b18-10-. The van der Waals surface area contributed by atoms with Crippen LogP contribution in [0.1, 0.15) is 30.0 Å². The van der Waals surface area contributed by atoms with Gasteiger partial charge in [0.15, 0.2) is 9.84 Å². The Morgan fingerprint density at radius 1 is 1.11 bits per heavy atom. The fourth-order valence-corrected chi connectivity index (χ4v) is 4.00. The third-order valence-corrected chi connectivity index (χ3v) is 5.90. The Hall–Kier alpha value is -2.37. The lowest BCUT2D eigenvalue weighted by Gasteiger charge is -2.07. The van der Waals surface area contributed by atoms with Crippen molar-refractivity contribution in [2.45, 2.75) is 18.2 Å². The summed E-state index contributed by atoms with van der Waals surface area (Å²) in [5, 5.41) is -0.420. The van der Waals surface area contributed by atoms with E-state index in [1.807, 2.05) is 31.2 Å². The Balaban J connectivity index is 2.11. The van der Waals surface area contributed by atoms with Gasteiger partial charge < -0.3 is 4.74 Å². The third-order valence-electron chi connectivity index (χ3n) is 4.63. The van der Waals surface area contributed by atoms with Crippen molar-refractivity contribution in [3.05, 3.63) is 64.7 Å². The van der Waals surface area contributed by atoms with E-state index in [-0.39, 0.29) is 11.3 Å². The number of halogens is 1. The van der Waals surface area contributed by atoms with E-state index in [4.69, 9.17) is 16.3 Å². The van der Waals surface area contributed by atoms with Gasteiger partial charge in [-0.2, -0.15) is 0 Å². The maximum atomic E-state index is 11.6. The second-order valence-electron chi connectivity index (χ2n) is 6.45. The minimum atomic E-state index is -3.23. The van der Waals surface area contributed by atoms with Crippen molar-refractivity contribution in [3.8, 4) is 5.75 Å². The van der Waals surface area contributed by atoms with Crippen LogP contribution >= 0.6 is 11.6 Å². The summed E-state index contributed by atoms with van der Waals surface area (Å²) in [5.74, 6) is 0.708. The molecule has 0 heterocycles. The van der Waals surface area contributed by atoms with Gasteiger partial charge in [-0.1, -0.05) is 18.2 Å². The highest BCUT2D eigenvalue weighted by Gasteiger charge is 2.25. The monoisotopic (exact) mass is 402 g/mol. The molecule has 2 aromatic rings. The van der Waals surface area contributed by atoms with E-state index in [0.717, 1.165) is 33.4 Å². The molecule has 0 fully saturated rings. The van der Waals surface area contributed by atoms with Crippen LogP contribution in [0.15, 0.2) is 52.9 Å². The van der Waals surface area contributed by atoms with E-state index in [1.54, 1.807) is 31.4 Å². The molecule has 3 rings (SSSR count). The van der Waals surface area contributed by atoms with Crippen molar-refractivity contribution in [1.82, 2.24) is 0 Å². The van der Waals surface area contributed by atoms with Crippen LogP contribution in [0.4, 0.5) is 0 Å². The van der Waals surface area contributed by atoms with E-state index in [9.17, 15) is 13.2 Å². The minimum Gasteiger partial charge on any atom is -0.497 e. The molecular weight excluding hydrogens is 384 g/mol. The number of allylic oxidation sites excluding steroid dienone is 3. The predicted molar refractivity (Wildman–Crippen MR) is 108 cm³/mol. The molecular formula is C21H19ClO4S. The first-order valence-electron chi connectivity index (χ1n) is 8.30. The average molecular weight is 403 g/mol. The zero-order valence-electron chi connectivity index (χ0n) is 15.2. The predicted octanol–water partition coefficient (Wildman–Crippen LogP) is 4.58. The zero-order chi connectivity index (χ0) is 19.8. The maximum absolute atomic E-state index is 11.6. The highest BCUT2D eigenvalue weighted by atomic mass is 35.5. The van der Waals surface area contributed by atoms with Gasteiger partial charge in [-0.3, -0.25) is 4.79 Å². The van der Waals surface area contributed by atoms with Crippen LogP contribution in [0.25, 0.3) is 17.2 Å². The molecule has 0 unspecified atom stereocenters. The molecule has 0 bridgehead atoms. The Labute approximate surface area is 164 Å². The summed E-state index contributed by atoms with van der Waals surface area (Å²) in [4.78, 5) is 11.8. The number of hydrogen-bond donors (Lipinski definition) is 0. The number of benzene rings is 2. The van der Waals surface area contributed by atoms with E-state index in [1.165, 1.54) is 6.26 Å². The normalized spacial score (nSPS) is 15.2. The van der Waals surface area contributed by atoms with E-state index in [2.05, 4.69) is 0 Å². The zero-order valence-corrected chi connectivity index (χ0v) is 16.8. The van der Waals surface area contributed by atoms with Crippen LogP contribution in [0, 0.1) is 0 Å². The SMILES string of the molecule is COc1ccc2c(c1)C(CC(=O)Cl)=C(C)/C2=C/c1ccc(S(C)(=O)=O)cc1. The van der Waals surface area contributed by atoms with Crippen molar-refractivity contribution >= 4 is 43.9 Å². The largest absolute Gasteiger partial charge is 0.497 e. The van der Waals surface area contributed by atoms with Crippen LogP contribution < -0.4 is 4.74 Å². The van der Waals surface area contributed by atoms with Gasteiger partial charge in [-0.15, -0.1) is 0 Å². The molecule has 2 aromatic carbocycles. The average Bonchev–Trinajstić information content (AvgIpc) is 2.86. The molecule has 140 valence electrons. The topological polar surface area (TPSA) is 60.4 Å². The van der Waals surface area contributed by atoms with Gasteiger partial charge in [-0.25, -0.2) is 8.42 Å². The molecule has 0 saturated carbocycles. The lowest BCUT2D eigenvalue weighted by atomic mass is 10.0. The van der Waals surface area contributed by atoms with Crippen LogP contribution in [0.3, 0.4) is 0 Å². The first-order chi connectivity index (χ1) is 12.7. The van der Waals surface area contributed by atoms with E-state index in [0.29, 0.717) is 5.75 Å². The van der Waals surface area contributed by atoms with Gasteiger partial charge in [-0.05, 0) is 82.3 Å². The van der Waals surface area contributed by atoms with Crippen LogP contribution in [-0.2, 0) is 14.6 Å². The van der Waals surface area contributed by atoms with Crippen molar-refractivity contribution in [3.63, 3.8) is 0 Å². The molecule has 0 aliphatic heterocycles. The molecule has 1 aliphatic rings. The minimum absolute atomic E-state index is 0.137. The lowest BCUT2D eigenvalue weighted by Crippen LogP contribution is -1.96. The van der Waals surface area contributed by atoms with Crippen molar-refractivity contribution in [2.75, 3.05) is 13.4 Å². The van der Waals surface area contributed by atoms with Crippen molar-refractivity contribution < 1.29 is 17.9 Å². The van der Waals surface area contributed by atoms with Crippen LogP contribution in [0.5, 0.6) is 5.75 Å². The molecule has 0 radical (unpaired) electrons. The van der Waals surface area contributed by atoms with E-state index < -0.39 is 15.1 Å². The van der Waals surface area contributed by atoms with Gasteiger partial charge in [0.25, 0.3) is 0 Å².